The lowest BCUT2D eigenvalue weighted by atomic mass is 9.78. The molecular formula is C68H48O. The molecule has 1 aliphatic carbocycles. The minimum atomic E-state index is -0.183. The fourth-order valence-corrected chi connectivity index (χ4v) is 11.1. The molecule has 1 atom stereocenters. The van der Waals surface area contributed by atoms with Gasteiger partial charge in [-0.05, 0) is 142 Å². The van der Waals surface area contributed by atoms with E-state index >= 15 is 0 Å². The van der Waals surface area contributed by atoms with Gasteiger partial charge in [0.05, 0.1) is 0 Å². The summed E-state index contributed by atoms with van der Waals surface area (Å²) >= 11 is 0. The summed E-state index contributed by atoms with van der Waals surface area (Å²) in [5.41, 5.74) is 23.0. The minimum absolute atomic E-state index is 0.0226. The summed E-state index contributed by atoms with van der Waals surface area (Å²) in [5.74, 6) is 0.0226. The first-order valence-corrected chi connectivity index (χ1v) is 24.1. The quantitative estimate of drug-likeness (QED) is 0.139. The molecule has 0 saturated carbocycles. The van der Waals surface area contributed by atoms with Crippen LogP contribution in [-0.2, 0) is 5.41 Å². The van der Waals surface area contributed by atoms with Gasteiger partial charge in [0.25, 0.3) is 0 Å². The summed E-state index contributed by atoms with van der Waals surface area (Å²) in [6.07, 6.45) is 0. The highest BCUT2D eigenvalue weighted by Crippen LogP contribution is 2.51. The standard InChI is InChI=1S/C68H48O/c1-68(2)63-42-57(55-32-27-45-13-6-7-14-52(45)40-55)33-36-59(63)60-37-34-58(43-64(60)68)67(50-28-23-48(24-29-50)47-21-19-46(20-22-47)44-11-4-3-5-12-44)51-30-25-49(26-31-51)53-15-10-16-54(39-53)56-35-38-66-62(41-56)61-17-8-9-18-65(61)69-66/h3-43,67H,1-2H3. The van der Waals surface area contributed by atoms with Gasteiger partial charge >= 0.3 is 0 Å². The van der Waals surface area contributed by atoms with E-state index in [4.69, 9.17) is 4.42 Å². The van der Waals surface area contributed by atoms with Gasteiger partial charge in [0, 0.05) is 22.1 Å². The van der Waals surface area contributed by atoms with Crippen LogP contribution >= 0.6 is 0 Å². The highest BCUT2D eigenvalue weighted by Gasteiger charge is 2.36. The highest BCUT2D eigenvalue weighted by molar-refractivity contribution is 6.06. The molecule has 0 spiro atoms. The van der Waals surface area contributed by atoms with Crippen molar-refractivity contribution >= 4 is 32.7 Å². The van der Waals surface area contributed by atoms with Crippen LogP contribution in [0.4, 0.5) is 0 Å². The van der Waals surface area contributed by atoms with Gasteiger partial charge in [0.15, 0.2) is 0 Å². The first kappa shape index (κ1) is 40.7. The third-order valence-electron chi connectivity index (χ3n) is 14.8. The molecule has 1 unspecified atom stereocenters. The Balaban J connectivity index is 0.859. The maximum absolute atomic E-state index is 6.15. The first-order valence-electron chi connectivity index (χ1n) is 24.1. The molecule has 1 aliphatic rings. The Hall–Kier alpha value is -8.52. The summed E-state index contributed by atoms with van der Waals surface area (Å²) in [5, 5.41) is 4.82. The first-order chi connectivity index (χ1) is 33.9. The van der Waals surface area contributed by atoms with E-state index in [9.17, 15) is 0 Å². The van der Waals surface area contributed by atoms with Crippen LogP contribution in [0.5, 0.6) is 0 Å². The van der Waals surface area contributed by atoms with Crippen molar-refractivity contribution in [2.24, 2.45) is 0 Å². The predicted molar refractivity (Wildman–Crippen MR) is 290 cm³/mol. The highest BCUT2D eigenvalue weighted by atomic mass is 16.3. The van der Waals surface area contributed by atoms with Gasteiger partial charge in [-0.3, -0.25) is 0 Å². The number of furan rings is 1. The fraction of sp³-hybridized carbons (Fsp3) is 0.0588. The number of hydrogen-bond donors (Lipinski definition) is 0. The van der Waals surface area contributed by atoms with E-state index in [1.807, 2.05) is 12.1 Å². The molecular weight excluding hydrogens is 833 g/mol. The van der Waals surface area contributed by atoms with E-state index in [-0.39, 0.29) is 11.3 Å². The van der Waals surface area contributed by atoms with E-state index in [0.29, 0.717) is 0 Å². The molecule has 69 heavy (non-hydrogen) atoms. The second-order valence-corrected chi connectivity index (χ2v) is 19.3. The number of para-hydroxylation sites is 1. The van der Waals surface area contributed by atoms with Crippen LogP contribution in [0, 0.1) is 0 Å². The van der Waals surface area contributed by atoms with Crippen LogP contribution in [-0.4, -0.2) is 0 Å². The minimum Gasteiger partial charge on any atom is -0.456 e. The van der Waals surface area contributed by atoms with Crippen molar-refractivity contribution in [3.8, 4) is 66.8 Å². The number of hydrogen-bond acceptors (Lipinski definition) is 1. The van der Waals surface area contributed by atoms with Crippen LogP contribution in [0.2, 0.25) is 0 Å². The predicted octanol–water partition coefficient (Wildman–Crippen LogP) is 18.6. The number of benzene rings is 11. The van der Waals surface area contributed by atoms with Crippen molar-refractivity contribution in [1.29, 1.82) is 0 Å². The van der Waals surface area contributed by atoms with E-state index in [2.05, 4.69) is 250 Å². The fourth-order valence-electron chi connectivity index (χ4n) is 11.1. The van der Waals surface area contributed by atoms with Crippen LogP contribution in [0.15, 0.2) is 253 Å². The Bertz CT molecular complexity index is 3890. The Morgan fingerprint density at radius 1 is 0.290 bits per heavy atom. The maximum atomic E-state index is 6.15. The molecule has 0 N–H and O–H groups in total. The second-order valence-electron chi connectivity index (χ2n) is 19.3. The zero-order valence-corrected chi connectivity index (χ0v) is 38.7. The summed E-state index contributed by atoms with van der Waals surface area (Å²) in [4.78, 5) is 0. The number of rotatable bonds is 8. The molecule has 1 nitrogen and oxygen atoms in total. The maximum Gasteiger partial charge on any atom is 0.135 e. The van der Waals surface area contributed by atoms with E-state index in [0.717, 1.165) is 21.9 Å². The zero-order chi connectivity index (χ0) is 46.1. The molecule has 0 aliphatic heterocycles. The van der Waals surface area contributed by atoms with Crippen molar-refractivity contribution in [2.75, 3.05) is 0 Å². The molecule has 0 saturated heterocycles. The van der Waals surface area contributed by atoms with Crippen LogP contribution in [0.25, 0.3) is 99.5 Å². The Morgan fingerprint density at radius 2 is 0.739 bits per heavy atom. The Morgan fingerprint density at radius 3 is 1.46 bits per heavy atom. The van der Waals surface area contributed by atoms with Gasteiger partial charge in [0.2, 0.25) is 0 Å². The smallest absolute Gasteiger partial charge is 0.135 e. The van der Waals surface area contributed by atoms with Crippen LogP contribution in [0.3, 0.4) is 0 Å². The van der Waals surface area contributed by atoms with E-state index in [1.54, 1.807) is 0 Å². The topological polar surface area (TPSA) is 13.1 Å². The van der Waals surface area contributed by atoms with Gasteiger partial charge in [-0.15, -0.1) is 0 Å². The molecule has 1 heteroatoms. The van der Waals surface area contributed by atoms with Gasteiger partial charge < -0.3 is 4.42 Å². The van der Waals surface area contributed by atoms with Gasteiger partial charge in [0.1, 0.15) is 11.2 Å². The normalized spacial score (nSPS) is 13.1. The van der Waals surface area contributed by atoms with Crippen molar-refractivity contribution in [2.45, 2.75) is 25.2 Å². The third kappa shape index (κ3) is 7.18. The zero-order valence-electron chi connectivity index (χ0n) is 38.7. The van der Waals surface area contributed by atoms with Gasteiger partial charge in [-0.1, -0.05) is 226 Å². The van der Waals surface area contributed by atoms with Crippen LogP contribution < -0.4 is 0 Å². The Kier molecular flexibility index (Phi) is 9.66. The van der Waals surface area contributed by atoms with E-state index < -0.39 is 0 Å². The number of fused-ring (bicyclic) bond motifs is 7. The lowest BCUT2D eigenvalue weighted by Gasteiger charge is -2.25. The molecule has 1 heterocycles. The molecule has 0 fully saturated rings. The average Bonchev–Trinajstić information content (AvgIpc) is 3.90. The molecule has 13 rings (SSSR count). The molecule has 0 radical (unpaired) electrons. The molecule has 0 amide bonds. The summed E-state index contributed by atoms with van der Waals surface area (Å²) in [7, 11) is 0. The third-order valence-corrected chi connectivity index (χ3v) is 14.8. The SMILES string of the molecule is CC1(C)c2cc(-c3ccc4ccccc4c3)ccc2-c2ccc(C(c3ccc(-c4ccc(-c5ccccc5)cc4)cc3)c3ccc(-c4cccc(-c5ccc6oc7ccccc7c6c5)c4)cc3)cc21. The Labute approximate surface area is 403 Å². The van der Waals surface area contributed by atoms with Crippen molar-refractivity contribution < 1.29 is 4.42 Å². The van der Waals surface area contributed by atoms with Gasteiger partial charge in [-0.25, -0.2) is 0 Å². The van der Waals surface area contributed by atoms with Gasteiger partial charge in [-0.2, -0.15) is 0 Å². The average molecular weight is 881 g/mol. The lowest BCUT2D eigenvalue weighted by Crippen LogP contribution is -2.16. The summed E-state index contributed by atoms with van der Waals surface area (Å²) in [6.45, 7) is 4.80. The van der Waals surface area contributed by atoms with Crippen molar-refractivity contribution in [3.63, 3.8) is 0 Å². The second kappa shape index (κ2) is 16.4. The van der Waals surface area contributed by atoms with Crippen LogP contribution in [0.1, 0.15) is 47.6 Å². The molecule has 11 aromatic carbocycles. The molecule has 12 aromatic rings. The molecule has 326 valence electrons. The van der Waals surface area contributed by atoms with Crippen molar-refractivity contribution in [1.82, 2.24) is 0 Å². The molecule has 1 aromatic heterocycles. The monoisotopic (exact) mass is 880 g/mol. The molecule has 0 bridgehead atoms. The summed E-state index contributed by atoms with van der Waals surface area (Å²) in [6, 6.07) is 91.6. The summed E-state index contributed by atoms with van der Waals surface area (Å²) < 4.78 is 6.15. The largest absolute Gasteiger partial charge is 0.456 e. The van der Waals surface area contributed by atoms with Crippen molar-refractivity contribution in [3.05, 3.63) is 277 Å². The van der Waals surface area contributed by atoms with E-state index in [1.165, 1.54) is 105 Å². The lowest BCUT2D eigenvalue weighted by molar-refractivity contribution is 0.659.